The number of nitrogens with zero attached hydrogens (tertiary/aromatic N) is 7. The Balaban J connectivity index is 1.83. The number of piperidine rings is 1. The van der Waals surface area contributed by atoms with Crippen molar-refractivity contribution in [3.05, 3.63) is 58.5 Å². The zero-order valence-electron chi connectivity index (χ0n) is 17.7. The fourth-order valence-electron chi connectivity index (χ4n) is 4.73. The lowest BCUT2D eigenvalue weighted by molar-refractivity contribution is -0.308. The summed E-state index contributed by atoms with van der Waals surface area (Å²) in [6.07, 6.45) is 4.48. The highest BCUT2D eigenvalue weighted by atomic mass is 19.1. The second kappa shape index (κ2) is 7.50. The van der Waals surface area contributed by atoms with E-state index in [1.165, 1.54) is 6.07 Å². The van der Waals surface area contributed by atoms with Crippen LogP contribution in [0.1, 0.15) is 58.6 Å². The Labute approximate surface area is 175 Å². The van der Waals surface area contributed by atoms with Gasteiger partial charge in [0.25, 0.3) is 0 Å². The summed E-state index contributed by atoms with van der Waals surface area (Å²) < 4.78 is 15.1. The number of fused-ring (bicyclic) bond motifs is 1. The van der Waals surface area contributed by atoms with Gasteiger partial charge in [0, 0.05) is 33.9 Å². The van der Waals surface area contributed by atoms with Gasteiger partial charge in [-0.15, -0.1) is 0 Å². The van der Waals surface area contributed by atoms with Crippen molar-refractivity contribution in [1.29, 1.82) is 0 Å². The van der Waals surface area contributed by atoms with Crippen molar-refractivity contribution in [3.63, 3.8) is 0 Å². The second-order valence-electron chi connectivity index (χ2n) is 9.01. The minimum absolute atomic E-state index is 0.259. The molecule has 1 fully saturated rings. The maximum atomic E-state index is 15.1. The predicted molar refractivity (Wildman–Crippen MR) is 111 cm³/mol. The predicted octanol–water partition coefficient (Wildman–Crippen LogP) is 5.42. The molecule has 0 N–H and O–H groups in total. The molecule has 2 aliphatic heterocycles. The molecular weight excluding hydrogens is 385 g/mol. The molecule has 8 nitrogen and oxygen atoms in total. The van der Waals surface area contributed by atoms with Crippen molar-refractivity contribution in [2.24, 2.45) is 5.11 Å². The van der Waals surface area contributed by atoms with E-state index in [1.54, 1.807) is 35.5 Å². The van der Waals surface area contributed by atoms with Crippen LogP contribution in [0.25, 0.3) is 10.4 Å². The van der Waals surface area contributed by atoms with E-state index in [4.69, 9.17) is 4.84 Å². The third kappa shape index (κ3) is 3.39. The number of azide groups is 1. The number of hydrogen-bond acceptors (Lipinski definition) is 6. The van der Waals surface area contributed by atoms with Crippen molar-refractivity contribution in [2.45, 2.75) is 70.3 Å². The monoisotopic (exact) mass is 411 g/mol. The summed E-state index contributed by atoms with van der Waals surface area (Å²) in [5, 5.41) is 5.95. The molecule has 2 atom stereocenters. The number of hydroxylamine groups is 2. The van der Waals surface area contributed by atoms with Gasteiger partial charge in [-0.3, -0.25) is 9.74 Å². The minimum Gasteiger partial charge on any atom is -0.298 e. The van der Waals surface area contributed by atoms with Crippen LogP contribution in [0.3, 0.4) is 0 Å². The molecule has 3 heterocycles. The molecule has 9 heteroatoms. The smallest absolute Gasteiger partial charge is 0.230 e. The standard InChI is InChI=1S/C21H26FN7O/c1-20(2)10-6-11-21(3,4)29(20)30-17-16-14(22)8-5-9-15(16)28(18(17)26-27-23)19-24-12-7-13-25-19/h5,7-9,12-13,17-18H,6,10-11H2,1-4H3. The molecule has 0 amide bonds. The zero-order chi connectivity index (χ0) is 21.5. The van der Waals surface area contributed by atoms with E-state index in [-0.39, 0.29) is 11.1 Å². The van der Waals surface area contributed by atoms with Gasteiger partial charge in [-0.1, -0.05) is 11.2 Å². The number of rotatable bonds is 4. The fraction of sp³-hybridized carbons (Fsp3) is 0.524. The van der Waals surface area contributed by atoms with E-state index in [0.29, 0.717) is 17.2 Å². The first-order chi connectivity index (χ1) is 14.3. The SMILES string of the molecule is CC1(C)CCCC(C)(C)N1OC1c2c(F)cccc2N(c2ncccn2)C1N=[N+]=[N-]. The minimum atomic E-state index is -0.863. The van der Waals surface area contributed by atoms with Crippen molar-refractivity contribution >= 4 is 11.6 Å². The van der Waals surface area contributed by atoms with Gasteiger partial charge in [-0.05, 0) is 70.7 Å². The Morgan fingerprint density at radius 1 is 1.13 bits per heavy atom. The Hall–Kier alpha value is -2.74. The average Bonchev–Trinajstić information content (AvgIpc) is 3.00. The number of benzene rings is 1. The topological polar surface area (TPSA) is 90.2 Å². The summed E-state index contributed by atoms with van der Waals surface area (Å²) in [6.45, 7) is 8.47. The molecule has 158 valence electrons. The lowest BCUT2D eigenvalue weighted by Crippen LogP contribution is -2.59. The Morgan fingerprint density at radius 3 is 2.43 bits per heavy atom. The largest absolute Gasteiger partial charge is 0.298 e. The summed E-state index contributed by atoms with van der Waals surface area (Å²) >= 11 is 0. The van der Waals surface area contributed by atoms with Crippen molar-refractivity contribution < 1.29 is 9.23 Å². The van der Waals surface area contributed by atoms with E-state index in [0.717, 1.165) is 19.3 Å². The van der Waals surface area contributed by atoms with Crippen molar-refractivity contribution in [2.75, 3.05) is 4.90 Å². The summed E-state index contributed by atoms with van der Waals surface area (Å²) in [7, 11) is 0. The summed E-state index contributed by atoms with van der Waals surface area (Å²) in [4.78, 5) is 19.8. The second-order valence-corrected chi connectivity index (χ2v) is 9.01. The van der Waals surface area contributed by atoms with Crippen LogP contribution in [0.5, 0.6) is 0 Å². The molecule has 1 aromatic carbocycles. The number of anilines is 2. The van der Waals surface area contributed by atoms with Crippen LogP contribution in [0.2, 0.25) is 0 Å². The summed E-state index contributed by atoms with van der Waals surface area (Å²) in [5.74, 6) is -0.0910. The highest BCUT2D eigenvalue weighted by molar-refractivity contribution is 5.68. The molecule has 0 spiro atoms. The Morgan fingerprint density at radius 2 is 1.80 bits per heavy atom. The van der Waals surface area contributed by atoms with E-state index < -0.39 is 18.1 Å². The van der Waals surface area contributed by atoms with Gasteiger partial charge in [0.1, 0.15) is 18.1 Å². The van der Waals surface area contributed by atoms with Gasteiger partial charge < -0.3 is 0 Å². The normalized spacial score (nSPS) is 24.9. The van der Waals surface area contributed by atoms with Gasteiger partial charge in [0.2, 0.25) is 5.95 Å². The molecule has 1 aromatic heterocycles. The number of aromatic nitrogens is 2. The molecule has 0 aliphatic carbocycles. The number of halogens is 1. The molecule has 2 unspecified atom stereocenters. The first-order valence-electron chi connectivity index (χ1n) is 10.1. The first-order valence-corrected chi connectivity index (χ1v) is 10.1. The molecule has 0 radical (unpaired) electrons. The van der Waals surface area contributed by atoms with Crippen molar-refractivity contribution in [1.82, 2.24) is 15.0 Å². The summed E-state index contributed by atoms with van der Waals surface area (Å²) in [6, 6.07) is 6.48. The maximum Gasteiger partial charge on any atom is 0.230 e. The fourth-order valence-corrected chi connectivity index (χ4v) is 4.73. The van der Waals surface area contributed by atoms with Gasteiger partial charge in [0.05, 0.1) is 5.69 Å². The van der Waals surface area contributed by atoms with Gasteiger partial charge in [-0.25, -0.2) is 14.4 Å². The maximum absolute atomic E-state index is 15.1. The van der Waals surface area contributed by atoms with E-state index in [9.17, 15) is 5.53 Å². The molecule has 30 heavy (non-hydrogen) atoms. The van der Waals surface area contributed by atoms with E-state index in [2.05, 4.69) is 47.7 Å². The molecule has 4 rings (SSSR count). The Kier molecular flexibility index (Phi) is 5.13. The molecule has 1 saturated heterocycles. The number of hydrogen-bond donors (Lipinski definition) is 0. The molecule has 2 aliphatic rings. The zero-order valence-corrected chi connectivity index (χ0v) is 17.7. The van der Waals surface area contributed by atoms with Crippen molar-refractivity contribution in [3.8, 4) is 0 Å². The third-order valence-electron chi connectivity index (χ3n) is 5.94. The van der Waals surface area contributed by atoms with Crippen LogP contribution in [0, 0.1) is 5.82 Å². The van der Waals surface area contributed by atoms with Crippen LogP contribution in [-0.2, 0) is 4.84 Å². The van der Waals surface area contributed by atoms with Crippen LogP contribution in [0.4, 0.5) is 16.0 Å². The Bertz CT molecular complexity index is 959. The third-order valence-corrected chi connectivity index (χ3v) is 5.94. The lowest BCUT2D eigenvalue weighted by Gasteiger charge is -2.52. The molecule has 0 bridgehead atoms. The molecule has 0 saturated carbocycles. The van der Waals surface area contributed by atoms with Gasteiger partial charge in [-0.2, -0.15) is 5.06 Å². The van der Waals surface area contributed by atoms with E-state index in [1.807, 2.05) is 5.06 Å². The van der Waals surface area contributed by atoms with Gasteiger partial charge >= 0.3 is 0 Å². The average molecular weight is 411 g/mol. The van der Waals surface area contributed by atoms with Crippen LogP contribution in [0.15, 0.2) is 41.8 Å². The highest BCUT2D eigenvalue weighted by Crippen LogP contribution is 2.49. The van der Waals surface area contributed by atoms with Gasteiger partial charge in [0.15, 0.2) is 0 Å². The molecule has 2 aromatic rings. The highest BCUT2D eigenvalue weighted by Gasteiger charge is 2.49. The van der Waals surface area contributed by atoms with Crippen LogP contribution >= 0.6 is 0 Å². The summed E-state index contributed by atoms with van der Waals surface area (Å²) in [5.41, 5.74) is 9.66. The quantitative estimate of drug-likeness (QED) is 0.381. The van der Waals surface area contributed by atoms with Crippen LogP contribution in [-0.4, -0.2) is 32.3 Å². The first kappa shape index (κ1) is 20.5. The molecular formula is C21H26FN7O. The van der Waals surface area contributed by atoms with E-state index >= 15 is 4.39 Å². The van der Waals surface area contributed by atoms with Crippen LogP contribution < -0.4 is 4.90 Å². The lowest BCUT2D eigenvalue weighted by atomic mass is 9.82.